The summed E-state index contributed by atoms with van der Waals surface area (Å²) in [6.45, 7) is 7.23. The molecule has 1 aliphatic heterocycles. The van der Waals surface area contributed by atoms with Gasteiger partial charge in [-0.15, -0.1) is 0 Å². The van der Waals surface area contributed by atoms with Crippen LogP contribution in [0.5, 0.6) is 0 Å². The van der Waals surface area contributed by atoms with Gasteiger partial charge in [0.1, 0.15) is 0 Å². The third-order valence-corrected chi connectivity index (χ3v) is 3.28. The monoisotopic (exact) mass is 239 g/mol. The normalized spacial score (nSPS) is 22.6. The van der Waals surface area contributed by atoms with Crippen molar-refractivity contribution in [1.29, 1.82) is 0 Å². The van der Waals surface area contributed by atoms with Gasteiger partial charge in [0.15, 0.2) is 0 Å². The molecule has 88 valence electrons. The van der Waals surface area contributed by atoms with Crippen molar-refractivity contribution in [3.63, 3.8) is 0 Å². The average molecular weight is 240 g/mol. The van der Waals surface area contributed by atoms with E-state index in [1.165, 1.54) is 5.56 Å². The zero-order valence-electron chi connectivity index (χ0n) is 9.82. The van der Waals surface area contributed by atoms with Gasteiger partial charge < -0.3 is 4.74 Å². The van der Waals surface area contributed by atoms with Crippen molar-refractivity contribution in [3.05, 3.63) is 34.9 Å². The number of nitrogens with zero attached hydrogens (tertiary/aromatic N) is 1. The Bertz CT molecular complexity index is 354. The van der Waals surface area contributed by atoms with Gasteiger partial charge in [0.05, 0.1) is 12.7 Å². The minimum atomic E-state index is 0.162. The Hall–Kier alpha value is -0.570. The van der Waals surface area contributed by atoms with Crippen LogP contribution in [0, 0.1) is 0 Å². The molecule has 0 aromatic heterocycles. The van der Waals surface area contributed by atoms with E-state index in [0.29, 0.717) is 6.04 Å². The quantitative estimate of drug-likeness (QED) is 0.786. The van der Waals surface area contributed by atoms with E-state index in [0.717, 1.165) is 24.7 Å². The van der Waals surface area contributed by atoms with Crippen molar-refractivity contribution in [2.45, 2.75) is 26.0 Å². The molecule has 0 N–H and O–H groups in total. The lowest BCUT2D eigenvalue weighted by Gasteiger charge is -2.35. The standard InChI is InChI=1S/C13H18ClNO/c1-10(2)15-6-7-16-13(9-15)11-4-3-5-12(14)8-11/h3-5,8,10,13H,6-7,9H2,1-2H3. The van der Waals surface area contributed by atoms with E-state index < -0.39 is 0 Å². The van der Waals surface area contributed by atoms with Gasteiger partial charge in [-0.2, -0.15) is 0 Å². The lowest BCUT2D eigenvalue weighted by atomic mass is 10.1. The van der Waals surface area contributed by atoms with Gasteiger partial charge in [0, 0.05) is 24.2 Å². The highest BCUT2D eigenvalue weighted by Gasteiger charge is 2.23. The summed E-state index contributed by atoms with van der Waals surface area (Å²) in [5, 5.41) is 0.780. The molecule has 1 aliphatic rings. The fraction of sp³-hybridized carbons (Fsp3) is 0.538. The van der Waals surface area contributed by atoms with E-state index in [9.17, 15) is 0 Å². The second-order valence-electron chi connectivity index (χ2n) is 4.50. The molecule has 0 radical (unpaired) electrons. The molecule has 1 fully saturated rings. The number of halogens is 1. The maximum absolute atomic E-state index is 5.99. The van der Waals surface area contributed by atoms with Crippen LogP contribution >= 0.6 is 11.6 Å². The first kappa shape index (κ1) is 11.9. The summed E-state index contributed by atoms with van der Waals surface area (Å²) in [6.07, 6.45) is 0.162. The highest BCUT2D eigenvalue weighted by atomic mass is 35.5. The molecule has 1 heterocycles. The number of ether oxygens (including phenoxy) is 1. The smallest absolute Gasteiger partial charge is 0.0953 e. The van der Waals surface area contributed by atoms with Gasteiger partial charge in [-0.05, 0) is 31.5 Å². The zero-order valence-corrected chi connectivity index (χ0v) is 10.6. The fourth-order valence-electron chi connectivity index (χ4n) is 2.05. The predicted molar refractivity (Wildman–Crippen MR) is 66.9 cm³/mol. The summed E-state index contributed by atoms with van der Waals surface area (Å²) in [7, 11) is 0. The van der Waals surface area contributed by atoms with E-state index in [2.05, 4.69) is 24.8 Å². The van der Waals surface area contributed by atoms with Crippen LogP contribution in [0.15, 0.2) is 24.3 Å². The minimum absolute atomic E-state index is 0.162. The Labute approximate surface area is 102 Å². The Morgan fingerprint density at radius 3 is 2.94 bits per heavy atom. The van der Waals surface area contributed by atoms with Gasteiger partial charge >= 0.3 is 0 Å². The molecule has 3 heteroatoms. The molecule has 0 spiro atoms. The average Bonchev–Trinajstić information content (AvgIpc) is 2.29. The third-order valence-electron chi connectivity index (χ3n) is 3.05. The van der Waals surface area contributed by atoms with Crippen molar-refractivity contribution in [1.82, 2.24) is 4.90 Å². The molecule has 0 bridgehead atoms. The lowest BCUT2D eigenvalue weighted by Crippen LogP contribution is -2.42. The van der Waals surface area contributed by atoms with Gasteiger partial charge in [0.2, 0.25) is 0 Å². The molecular formula is C13H18ClNO. The van der Waals surface area contributed by atoms with Crippen LogP contribution in [0.4, 0.5) is 0 Å². The SMILES string of the molecule is CC(C)N1CCOC(c2cccc(Cl)c2)C1. The lowest BCUT2D eigenvalue weighted by molar-refractivity contribution is -0.0401. The van der Waals surface area contributed by atoms with Crippen molar-refractivity contribution in [2.75, 3.05) is 19.7 Å². The summed E-state index contributed by atoms with van der Waals surface area (Å²) in [5.41, 5.74) is 1.18. The maximum atomic E-state index is 5.99. The van der Waals surface area contributed by atoms with Crippen molar-refractivity contribution in [2.24, 2.45) is 0 Å². The van der Waals surface area contributed by atoms with Gasteiger partial charge in [0.25, 0.3) is 0 Å². The first-order valence-electron chi connectivity index (χ1n) is 5.78. The van der Waals surface area contributed by atoms with Crippen molar-refractivity contribution < 1.29 is 4.74 Å². The van der Waals surface area contributed by atoms with E-state index in [1.54, 1.807) is 0 Å². The van der Waals surface area contributed by atoms with Crippen LogP contribution < -0.4 is 0 Å². The predicted octanol–water partition coefficient (Wildman–Crippen LogP) is 3.12. The molecule has 2 nitrogen and oxygen atoms in total. The number of benzene rings is 1. The molecule has 1 unspecified atom stereocenters. The van der Waals surface area contributed by atoms with E-state index in [-0.39, 0.29) is 6.10 Å². The summed E-state index contributed by atoms with van der Waals surface area (Å²) in [4.78, 5) is 2.44. The topological polar surface area (TPSA) is 12.5 Å². The molecule has 0 saturated carbocycles. The highest BCUT2D eigenvalue weighted by Crippen LogP contribution is 2.25. The first-order valence-corrected chi connectivity index (χ1v) is 6.15. The molecule has 1 saturated heterocycles. The van der Waals surface area contributed by atoms with Crippen LogP contribution in [0.1, 0.15) is 25.5 Å². The number of hydrogen-bond donors (Lipinski definition) is 0. The Kier molecular flexibility index (Phi) is 3.85. The van der Waals surface area contributed by atoms with Gasteiger partial charge in [-0.3, -0.25) is 4.90 Å². The second kappa shape index (κ2) is 5.17. The summed E-state index contributed by atoms with van der Waals surface area (Å²) < 4.78 is 5.80. The zero-order chi connectivity index (χ0) is 11.5. The molecule has 0 amide bonds. The van der Waals surface area contributed by atoms with Crippen LogP contribution in [0.3, 0.4) is 0 Å². The Morgan fingerprint density at radius 2 is 2.25 bits per heavy atom. The first-order chi connectivity index (χ1) is 7.66. The van der Waals surface area contributed by atoms with E-state index in [4.69, 9.17) is 16.3 Å². The maximum Gasteiger partial charge on any atom is 0.0953 e. The number of hydrogen-bond acceptors (Lipinski definition) is 2. The summed E-state index contributed by atoms with van der Waals surface area (Å²) in [6, 6.07) is 8.53. The molecule has 1 aromatic carbocycles. The van der Waals surface area contributed by atoms with E-state index in [1.807, 2.05) is 18.2 Å². The molecular weight excluding hydrogens is 222 g/mol. The van der Waals surface area contributed by atoms with Crippen LogP contribution in [-0.2, 0) is 4.74 Å². The third kappa shape index (κ3) is 2.76. The van der Waals surface area contributed by atoms with E-state index >= 15 is 0 Å². The second-order valence-corrected chi connectivity index (χ2v) is 4.94. The summed E-state index contributed by atoms with van der Waals surface area (Å²) in [5.74, 6) is 0. The Balaban J connectivity index is 2.09. The van der Waals surface area contributed by atoms with Gasteiger partial charge in [-0.1, -0.05) is 23.7 Å². The highest BCUT2D eigenvalue weighted by molar-refractivity contribution is 6.30. The molecule has 16 heavy (non-hydrogen) atoms. The molecule has 1 aromatic rings. The van der Waals surface area contributed by atoms with Crippen LogP contribution in [-0.4, -0.2) is 30.6 Å². The fourth-order valence-corrected chi connectivity index (χ4v) is 2.25. The molecule has 1 atom stereocenters. The summed E-state index contributed by atoms with van der Waals surface area (Å²) >= 11 is 5.99. The van der Waals surface area contributed by atoms with Crippen molar-refractivity contribution >= 4 is 11.6 Å². The largest absolute Gasteiger partial charge is 0.371 e. The minimum Gasteiger partial charge on any atom is -0.371 e. The molecule has 0 aliphatic carbocycles. The van der Waals surface area contributed by atoms with Crippen molar-refractivity contribution in [3.8, 4) is 0 Å². The number of rotatable bonds is 2. The Morgan fingerprint density at radius 1 is 1.44 bits per heavy atom. The van der Waals surface area contributed by atoms with Gasteiger partial charge in [-0.25, -0.2) is 0 Å². The number of morpholine rings is 1. The molecule has 2 rings (SSSR count). The van der Waals surface area contributed by atoms with Crippen LogP contribution in [0.2, 0.25) is 5.02 Å². The van der Waals surface area contributed by atoms with Crippen LogP contribution in [0.25, 0.3) is 0 Å².